The molecule has 0 fully saturated rings. The SMILES string of the molecule is CC(C)c1ccc([C@@H](C)N[C@H](C)C(=O)Nc2cc([N+](=O)[O-])ccc2Cl)cc1. The molecule has 0 aromatic heterocycles. The third kappa shape index (κ3) is 5.52. The van der Waals surface area contributed by atoms with Crippen molar-refractivity contribution < 1.29 is 9.72 Å². The van der Waals surface area contributed by atoms with E-state index in [1.54, 1.807) is 6.92 Å². The maximum absolute atomic E-state index is 12.5. The molecule has 0 unspecified atom stereocenters. The summed E-state index contributed by atoms with van der Waals surface area (Å²) in [5, 5.41) is 17.0. The molecule has 7 heteroatoms. The van der Waals surface area contributed by atoms with Crippen molar-refractivity contribution in [2.24, 2.45) is 0 Å². The molecule has 0 radical (unpaired) electrons. The number of non-ortho nitro benzene ring substituents is 1. The molecule has 27 heavy (non-hydrogen) atoms. The van der Waals surface area contributed by atoms with E-state index in [-0.39, 0.29) is 28.3 Å². The fourth-order valence-electron chi connectivity index (χ4n) is 2.68. The molecule has 2 N–H and O–H groups in total. The van der Waals surface area contributed by atoms with Gasteiger partial charge in [0.1, 0.15) is 0 Å². The number of nitro benzene ring substituents is 1. The summed E-state index contributed by atoms with van der Waals surface area (Å²) in [5.41, 5.74) is 2.43. The Hall–Kier alpha value is -2.44. The van der Waals surface area contributed by atoms with Crippen molar-refractivity contribution >= 4 is 28.9 Å². The molecule has 6 nitrogen and oxygen atoms in total. The molecule has 0 saturated heterocycles. The van der Waals surface area contributed by atoms with Crippen LogP contribution in [-0.4, -0.2) is 16.9 Å². The second kappa shape index (κ2) is 8.97. The molecular formula is C20H24ClN3O3. The molecule has 2 aromatic rings. The largest absolute Gasteiger partial charge is 0.323 e. The first-order valence-corrected chi connectivity index (χ1v) is 9.17. The lowest BCUT2D eigenvalue weighted by molar-refractivity contribution is -0.384. The quantitative estimate of drug-likeness (QED) is 0.512. The monoisotopic (exact) mass is 389 g/mol. The van der Waals surface area contributed by atoms with E-state index < -0.39 is 11.0 Å². The van der Waals surface area contributed by atoms with Gasteiger partial charge in [0.05, 0.1) is 21.7 Å². The lowest BCUT2D eigenvalue weighted by Crippen LogP contribution is -2.39. The van der Waals surface area contributed by atoms with Crippen LogP contribution in [0, 0.1) is 10.1 Å². The number of benzene rings is 2. The third-order valence-corrected chi connectivity index (χ3v) is 4.74. The van der Waals surface area contributed by atoms with Gasteiger partial charge < -0.3 is 5.32 Å². The van der Waals surface area contributed by atoms with Gasteiger partial charge in [0.2, 0.25) is 5.91 Å². The number of rotatable bonds is 7. The highest BCUT2D eigenvalue weighted by Gasteiger charge is 2.19. The van der Waals surface area contributed by atoms with Gasteiger partial charge >= 0.3 is 0 Å². The van der Waals surface area contributed by atoms with E-state index in [9.17, 15) is 14.9 Å². The van der Waals surface area contributed by atoms with Gasteiger partial charge in [-0.1, -0.05) is 49.7 Å². The molecule has 0 bridgehead atoms. The highest BCUT2D eigenvalue weighted by Crippen LogP contribution is 2.27. The summed E-state index contributed by atoms with van der Waals surface area (Å²) >= 11 is 6.03. The topological polar surface area (TPSA) is 84.3 Å². The van der Waals surface area contributed by atoms with Gasteiger partial charge in [-0.25, -0.2) is 0 Å². The molecule has 2 atom stereocenters. The summed E-state index contributed by atoms with van der Waals surface area (Å²) in [6.45, 7) is 8.00. The van der Waals surface area contributed by atoms with Gasteiger partial charge in [-0.3, -0.25) is 20.2 Å². The Morgan fingerprint density at radius 2 is 1.63 bits per heavy atom. The standard InChI is InChI=1S/C20H24ClN3O3/c1-12(2)15-5-7-16(8-6-15)13(3)22-14(4)20(25)23-19-11-17(24(26)27)9-10-18(19)21/h5-14,22H,1-4H3,(H,23,25)/t13-,14-/m1/s1. The summed E-state index contributed by atoms with van der Waals surface area (Å²) < 4.78 is 0. The zero-order chi connectivity index (χ0) is 20.1. The molecule has 0 spiro atoms. The first-order valence-electron chi connectivity index (χ1n) is 8.79. The third-order valence-electron chi connectivity index (χ3n) is 4.42. The Kier molecular flexibility index (Phi) is 6.93. The normalized spacial score (nSPS) is 13.3. The predicted molar refractivity (Wildman–Crippen MR) is 108 cm³/mol. The van der Waals surface area contributed by atoms with Crippen molar-refractivity contribution in [2.75, 3.05) is 5.32 Å². The number of nitrogens with one attached hydrogen (secondary N) is 2. The highest BCUT2D eigenvalue weighted by molar-refractivity contribution is 6.33. The number of hydrogen-bond acceptors (Lipinski definition) is 4. The van der Waals surface area contributed by atoms with Crippen LogP contribution >= 0.6 is 11.6 Å². The number of amides is 1. The van der Waals surface area contributed by atoms with Crippen molar-refractivity contribution in [3.8, 4) is 0 Å². The van der Waals surface area contributed by atoms with Gasteiger partial charge in [0.15, 0.2) is 0 Å². The van der Waals surface area contributed by atoms with Crippen LogP contribution in [0.15, 0.2) is 42.5 Å². The van der Waals surface area contributed by atoms with Crippen LogP contribution in [-0.2, 0) is 4.79 Å². The maximum atomic E-state index is 12.5. The summed E-state index contributed by atoms with van der Waals surface area (Å²) in [6.07, 6.45) is 0. The molecule has 0 aliphatic carbocycles. The molecule has 0 aliphatic rings. The van der Waals surface area contributed by atoms with E-state index in [0.29, 0.717) is 5.92 Å². The molecule has 1 amide bonds. The molecular weight excluding hydrogens is 366 g/mol. The molecule has 2 aromatic carbocycles. The van der Waals surface area contributed by atoms with E-state index in [1.165, 1.54) is 23.8 Å². The zero-order valence-electron chi connectivity index (χ0n) is 15.8. The van der Waals surface area contributed by atoms with Crippen LogP contribution < -0.4 is 10.6 Å². The second-order valence-electron chi connectivity index (χ2n) is 6.84. The number of carbonyl (C=O) groups excluding carboxylic acids is 1. The minimum atomic E-state index is -0.531. The number of hydrogen-bond donors (Lipinski definition) is 2. The Morgan fingerprint density at radius 1 is 1.04 bits per heavy atom. The van der Waals surface area contributed by atoms with Crippen LogP contribution in [0.25, 0.3) is 0 Å². The van der Waals surface area contributed by atoms with Gasteiger partial charge in [-0.15, -0.1) is 0 Å². The summed E-state index contributed by atoms with van der Waals surface area (Å²) in [5.74, 6) is 0.148. The summed E-state index contributed by atoms with van der Waals surface area (Å²) in [4.78, 5) is 22.8. The van der Waals surface area contributed by atoms with Crippen molar-refractivity contribution in [1.82, 2.24) is 5.32 Å². The average Bonchev–Trinajstić information content (AvgIpc) is 2.63. The van der Waals surface area contributed by atoms with Gasteiger partial charge in [-0.05, 0) is 37.0 Å². The fraction of sp³-hybridized carbons (Fsp3) is 0.350. The lowest BCUT2D eigenvalue weighted by Gasteiger charge is -2.20. The van der Waals surface area contributed by atoms with Crippen molar-refractivity contribution in [1.29, 1.82) is 0 Å². The van der Waals surface area contributed by atoms with Crippen LogP contribution in [0.4, 0.5) is 11.4 Å². The van der Waals surface area contributed by atoms with Crippen LogP contribution in [0.1, 0.15) is 50.8 Å². The van der Waals surface area contributed by atoms with E-state index in [4.69, 9.17) is 11.6 Å². The number of nitrogens with zero attached hydrogens (tertiary/aromatic N) is 1. The second-order valence-corrected chi connectivity index (χ2v) is 7.25. The van der Waals surface area contributed by atoms with Gasteiger partial charge in [0, 0.05) is 18.2 Å². The van der Waals surface area contributed by atoms with E-state index in [2.05, 4.69) is 48.7 Å². The predicted octanol–water partition coefficient (Wildman–Crippen LogP) is 5.05. The number of carbonyl (C=O) groups is 1. The molecule has 0 aliphatic heterocycles. The minimum Gasteiger partial charge on any atom is -0.323 e. The Labute approximate surface area is 164 Å². The van der Waals surface area contributed by atoms with Gasteiger partial charge in [0.25, 0.3) is 5.69 Å². The van der Waals surface area contributed by atoms with Gasteiger partial charge in [-0.2, -0.15) is 0 Å². The highest BCUT2D eigenvalue weighted by atomic mass is 35.5. The Morgan fingerprint density at radius 3 is 2.19 bits per heavy atom. The van der Waals surface area contributed by atoms with E-state index >= 15 is 0 Å². The number of halogens is 1. The van der Waals surface area contributed by atoms with Crippen molar-refractivity contribution in [3.63, 3.8) is 0 Å². The fourth-order valence-corrected chi connectivity index (χ4v) is 2.84. The van der Waals surface area contributed by atoms with Crippen molar-refractivity contribution in [2.45, 2.75) is 45.7 Å². The smallest absolute Gasteiger partial charge is 0.271 e. The minimum absolute atomic E-state index is 0.0347. The molecule has 2 rings (SSSR count). The average molecular weight is 390 g/mol. The molecule has 0 saturated carbocycles. The van der Waals surface area contributed by atoms with Crippen molar-refractivity contribution in [3.05, 3.63) is 68.7 Å². The van der Waals surface area contributed by atoms with Crippen LogP contribution in [0.3, 0.4) is 0 Å². The summed E-state index contributed by atoms with van der Waals surface area (Å²) in [6, 6.07) is 11.7. The molecule has 144 valence electrons. The molecule has 0 heterocycles. The zero-order valence-corrected chi connectivity index (χ0v) is 16.6. The Balaban J connectivity index is 2.03. The number of nitro groups is 1. The van der Waals surface area contributed by atoms with E-state index in [1.807, 2.05) is 6.92 Å². The number of anilines is 1. The lowest BCUT2D eigenvalue weighted by atomic mass is 9.99. The van der Waals surface area contributed by atoms with E-state index in [0.717, 1.165) is 5.56 Å². The van der Waals surface area contributed by atoms with Crippen LogP contribution in [0.5, 0.6) is 0 Å². The maximum Gasteiger partial charge on any atom is 0.271 e. The first kappa shape index (κ1) is 20.9. The Bertz CT molecular complexity index is 822. The van der Waals surface area contributed by atoms with Crippen LogP contribution in [0.2, 0.25) is 5.02 Å². The first-order chi connectivity index (χ1) is 12.7. The summed E-state index contributed by atoms with van der Waals surface area (Å²) in [7, 11) is 0.